The molecule has 2 aromatic rings. The molecule has 130 valence electrons. The molecule has 1 saturated carbocycles. The van der Waals surface area contributed by atoms with Crippen LogP contribution in [0.5, 0.6) is 0 Å². The minimum Gasteiger partial charge on any atom is -0.336 e. The number of urea groups is 1. The molecular formula is C15H17F3N4OS. The van der Waals surface area contributed by atoms with Crippen LogP contribution in [0.15, 0.2) is 23.6 Å². The van der Waals surface area contributed by atoms with Crippen LogP contribution in [-0.4, -0.2) is 22.4 Å². The molecular weight excluding hydrogens is 341 g/mol. The number of thiophene rings is 1. The molecule has 1 aliphatic rings. The van der Waals surface area contributed by atoms with Crippen LogP contribution >= 0.6 is 11.3 Å². The van der Waals surface area contributed by atoms with E-state index in [1.165, 1.54) is 16.0 Å². The highest BCUT2D eigenvalue weighted by atomic mass is 32.1. The Balaban J connectivity index is 1.50. The molecule has 1 aliphatic carbocycles. The molecule has 0 aromatic carbocycles. The van der Waals surface area contributed by atoms with Gasteiger partial charge in [0.05, 0.1) is 13.1 Å². The van der Waals surface area contributed by atoms with Crippen molar-refractivity contribution >= 4 is 17.4 Å². The van der Waals surface area contributed by atoms with Gasteiger partial charge in [-0.05, 0) is 30.4 Å². The minimum absolute atomic E-state index is 0.154. The number of hydrogen-bond acceptors (Lipinski definition) is 3. The van der Waals surface area contributed by atoms with E-state index in [4.69, 9.17) is 0 Å². The second-order valence-corrected chi connectivity index (χ2v) is 6.67. The van der Waals surface area contributed by atoms with E-state index >= 15 is 0 Å². The fourth-order valence-corrected chi connectivity index (χ4v) is 3.02. The Hall–Kier alpha value is -2.03. The average molecular weight is 358 g/mol. The summed E-state index contributed by atoms with van der Waals surface area (Å²) < 4.78 is 39.7. The summed E-state index contributed by atoms with van der Waals surface area (Å²) in [5.41, 5.74) is -0.269. The van der Waals surface area contributed by atoms with Crippen LogP contribution in [0, 0.1) is 0 Å². The van der Waals surface area contributed by atoms with Crippen LogP contribution in [0.4, 0.5) is 18.0 Å². The van der Waals surface area contributed by atoms with E-state index in [1.54, 1.807) is 0 Å². The van der Waals surface area contributed by atoms with Gasteiger partial charge in [0.25, 0.3) is 0 Å². The molecule has 9 heteroatoms. The van der Waals surface area contributed by atoms with Crippen molar-refractivity contribution in [3.8, 4) is 0 Å². The van der Waals surface area contributed by atoms with Gasteiger partial charge in [-0.3, -0.25) is 4.68 Å². The predicted molar refractivity (Wildman–Crippen MR) is 83.8 cm³/mol. The van der Waals surface area contributed by atoms with Gasteiger partial charge in [-0.15, -0.1) is 11.3 Å². The number of aromatic nitrogens is 2. The lowest BCUT2D eigenvalue weighted by Crippen LogP contribution is -2.36. The number of carbonyl (C=O) groups excluding carboxylic acids is 1. The molecule has 0 aliphatic heterocycles. The molecule has 0 saturated heterocycles. The molecule has 3 rings (SSSR count). The lowest BCUT2D eigenvalue weighted by molar-refractivity contribution is -0.141. The molecule has 0 spiro atoms. The smallest absolute Gasteiger partial charge is 0.336 e. The number of nitrogens with zero attached hydrogens (tertiary/aromatic N) is 2. The van der Waals surface area contributed by atoms with Crippen LogP contribution in [0.25, 0.3) is 0 Å². The summed E-state index contributed by atoms with van der Waals surface area (Å²) in [6.07, 6.45) is -2.67. The maximum absolute atomic E-state index is 12.8. The predicted octanol–water partition coefficient (Wildman–Crippen LogP) is 3.34. The van der Waals surface area contributed by atoms with Gasteiger partial charge in [0.2, 0.25) is 0 Å². The summed E-state index contributed by atoms with van der Waals surface area (Å²) in [5, 5.41) is 10.9. The van der Waals surface area contributed by atoms with E-state index in [2.05, 4.69) is 15.7 Å². The van der Waals surface area contributed by atoms with Gasteiger partial charge in [-0.25, -0.2) is 4.79 Å². The summed E-state index contributed by atoms with van der Waals surface area (Å²) >= 11 is 1.54. The van der Waals surface area contributed by atoms with Gasteiger partial charge in [0.1, 0.15) is 0 Å². The maximum Gasteiger partial charge on any atom is 0.435 e. The first-order valence-corrected chi connectivity index (χ1v) is 8.50. The van der Waals surface area contributed by atoms with Crippen molar-refractivity contribution in [3.05, 3.63) is 39.8 Å². The third-order valence-corrected chi connectivity index (χ3v) is 4.59. The second kappa shape index (κ2) is 6.84. The highest BCUT2D eigenvalue weighted by Crippen LogP contribution is 2.42. The zero-order valence-corrected chi connectivity index (χ0v) is 13.6. The van der Waals surface area contributed by atoms with Gasteiger partial charge in [0, 0.05) is 23.0 Å². The van der Waals surface area contributed by atoms with Crippen LogP contribution in [-0.2, 0) is 19.3 Å². The SMILES string of the molecule is O=C(NCCn1nc(C(F)(F)F)cc1C1CC1)NCc1cccs1. The van der Waals surface area contributed by atoms with Crippen molar-refractivity contribution in [1.82, 2.24) is 20.4 Å². The monoisotopic (exact) mass is 358 g/mol. The van der Waals surface area contributed by atoms with Crippen molar-refractivity contribution in [2.75, 3.05) is 6.54 Å². The Morgan fingerprint density at radius 1 is 1.38 bits per heavy atom. The first-order chi connectivity index (χ1) is 11.4. The number of alkyl halides is 3. The molecule has 0 atom stereocenters. The Morgan fingerprint density at radius 2 is 2.17 bits per heavy atom. The van der Waals surface area contributed by atoms with Crippen molar-refractivity contribution in [3.63, 3.8) is 0 Å². The van der Waals surface area contributed by atoms with Crippen LogP contribution in [0.1, 0.15) is 35.0 Å². The quantitative estimate of drug-likeness (QED) is 0.832. The molecule has 0 bridgehead atoms. The van der Waals surface area contributed by atoms with Gasteiger partial charge in [0.15, 0.2) is 5.69 Å². The molecule has 2 aromatic heterocycles. The summed E-state index contributed by atoms with van der Waals surface area (Å²) in [4.78, 5) is 12.7. The van der Waals surface area contributed by atoms with Gasteiger partial charge in [-0.1, -0.05) is 6.07 Å². The topological polar surface area (TPSA) is 59.0 Å². The maximum atomic E-state index is 12.8. The molecule has 2 amide bonds. The fourth-order valence-electron chi connectivity index (χ4n) is 2.37. The number of hydrogen-bond donors (Lipinski definition) is 2. The highest BCUT2D eigenvalue weighted by molar-refractivity contribution is 7.09. The van der Waals surface area contributed by atoms with Gasteiger partial charge >= 0.3 is 12.2 Å². The molecule has 5 nitrogen and oxygen atoms in total. The molecule has 0 unspecified atom stereocenters. The second-order valence-electron chi connectivity index (χ2n) is 5.64. The Morgan fingerprint density at radius 3 is 2.79 bits per heavy atom. The summed E-state index contributed by atoms with van der Waals surface area (Å²) in [6, 6.07) is 4.58. The zero-order chi connectivity index (χ0) is 17.2. The van der Waals surface area contributed by atoms with E-state index in [1.807, 2.05) is 17.5 Å². The molecule has 0 radical (unpaired) electrons. The zero-order valence-electron chi connectivity index (χ0n) is 12.8. The van der Waals surface area contributed by atoms with E-state index in [-0.39, 0.29) is 25.0 Å². The van der Waals surface area contributed by atoms with Crippen molar-refractivity contribution in [1.29, 1.82) is 0 Å². The van der Waals surface area contributed by atoms with Crippen LogP contribution in [0.2, 0.25) is 0 Å². The summed E-state index contributed by atoms with van der Waals surface area (Å²) in [7, 11) is 0. The van der Waals surface area contributed by atoms with E-state index in [0.29, 0.717) is 12.2 Å². The largest absolute Gasteiger partial charge is 0.435 e. The first kappa shape index (κ1) is 16.8. The molecule has 24 heavy (non-hydrogen) atoms. The number of rotatable bonds is 6. The van der Waals surface area contributed by atoms with Crippen LogP contribution in [0.3, 0.4) is 0 Å². The van der Waals surface area contributed by atoms with E-state index in [0.717, 1.165) is 23.8 Å². The van der Waals surface area contributed by atoms with Crippen molar-refractivity contribution in [2.24, 2.45) is 0 Å². The van der Waals surface area contributed by atoms with Gasteiger partial charge < -0.3 is 10.6 Å². The summed E-state index contributed by atoms with van der Waals surface area (Å²) in [5.74, 6) is 0.154. The lowest BCUT2D eigenvalue weighted by Gasteiger charge is -2.09. The number of amides is 2. The normalized spacial score (nSPS) is 14.6. The number of nitrogens with one attached hydrogen (secondary N) is 2. The fraction of sp³-hybridized carbons (Fsp3) is 0.467. The summed E-state index contributed by atoms with van der Waals surface area (Å²) in [6.45, 7) is 0.861. The van der Waals surface area contributed by atoms with Gasteiger partial charge in [-0.2, -0.15) is 18.3 Å². The molecule has 2 heterocycles. The molecule has 1 fully saturated rings. The number of carbonyl (C=O) groups is 1. The lowest BCUT2D eigenvalue weighted by atomic mass is 10.2. The standard InChI is InChI=1S/C15H17F3N4OS/c16-15(17,18)13-8-12(10-3-4-10)22(21-13)6-5-19-14(23)20-9-11-2-1-7-24-11/h1-2,7-8,10H,3-6,9H2,(H2,19,20,23). The minimum atomic E-state index is -4.44. The first-order valence-electron chi connectivity index (χ1n) is 7.62. The van der Waals surface area contributed by atoms with E-state index in [9.17, 15) is 18.0 Å². The Labute approximate surface area is 140 Å². The number of halogens is 3. The third kappa shape index (κ3) is 4.28. The average Bonchev–Trinajstić information content (AvgIpc) is 3.06. The Kier molecular flexibility index (Phi) is 4.79. The van der Waals surface area contributed by atoms with E-state index < -0.39 is 11.9 Å². The molecule has 2 N–H and O–H groups in total. The van der Waals surface area contributed by atoms with Crippen molar-refractivity contribution < 1.29 is 18.0 Å². The Bertz CT molecular complexity index is 692. The third-order valence-electron chi connectivity index (χ3n) is 3.71. The van der Waals surface area contributed by atoms with Crippen LogP contribution < -0.4 is 10.6 Å². The van der Waals surface area contributed by atoms with Crippen molar-refractivity contribution in [2.45, 2.75) is 38.0 Å². The highest BCUT2D eigenvalue weighted by Gasteiger charge is 2.37.